The summed E-state index contributed by atoms with van der Waals surface area (Å²) in [5.74, 6) is 2.31. The third-order valence-corrected chi connectivity index (χ3v) is 17.5. The summed E-state index contributed by atoms with van der Waals surface area (Å²) in [6, 6.07) is 25.9. The molecule has 1 aromatic heterocycles. The molecule has 4 saturated carbocycles. The zero-order valence-corrected chi connectivity index (χ0v) is 39.0. The summed E-state index contributed by atoms with van der Waals surface area (Å²) in [6.45, 7) is 5.54. The van der Waals surface area contributed by atoms with E-state index in [1.165, 1.54) is 61.8 Å². The first kappa shape index (κ1) is 45.0. The van der Waals surface area contributed by atoms with Crippen LogP contribution >= 0.6 is 0 Å². The van der Waals surface area contributed by atoms with Crippen molar-refractivity contribution in [3.05, 3.63) is 95.1 Å². The van der Waals surface area contributed by atoms with Crippen molar-refractivity contribution in [3.8, 4) is 17.4 Å². The summed E-state index contributed by atoms with van der Waals surface area (Å²) >= 11 is 0. The van der Waals surface area contributed by atoms with Gasteiger partial charge in [-0.15, -0.1) is 0 Å². The molecule has 13 nitrogen and oxygen atoms in total. The van der Waals surface area contributed by atoms with E-state index in [2.05, 4.69) is 61.7 Å². The molecule has 4 bridgehead atoms. The van der Waals surface area contributed by atoms with E-state index >= 15 is 0 Å². The third-order valence-electron chi connectivity index (χ3n) is 17.5. The highest BCUT2D eigenvalue weighted by Crippen LogP contribution is 2.62. The lowest BCUT2D eigenvalue weighted by molar-refractivity contribution is -0.189. The van der Waals surface area contributed by atoms with Gasteiger partial charge in [0, 0.05) is 88.4 Å². The zero-order valence-electron chi connectivity index (χ0n) is 39.0. The SMILES string of the molecule is CC(=O)O.CO[C@@]12CCC(=O)C[C@@]13CCN(CC1CCC1)C2Cc1cccc(Oc2nnnn2-c2ccccc2)c13.CO[C@@]12CCC(=O)C[C@@]13CCN(CC1CCC1)C2Cc1ccccc13. The van der Waals surface area contributed by atoms with Gasteiger partial charge in [0.1, 0.15) is 17.3 Å². The minimum absolute atomic E-state index is 0.104. The van der Waals surface area contributed by atoms with Crippen molar-refractivity contribution >= 4 is 17.5 Å². The number of hydrogen-bond acceptors (Lipinski definition) is 11. The number of ether oxygens (including phenoxy) is 3. The number of aliphatic carboxylic acids is 1. The highest BCUT2D eigenvalue weighted by atomic mass is 16.5. The molecule has 1 N–H and O–H groups in total. The standard InChI is InChI=1S/C29H33N5O3.C22H29NO2.C2H4O2/c1-36-29-14-13-23(35)18-28(29)15-16-33(19-20-7-5-8-20)25(29)17-21-9-6-12-24(26(21)28)37-27-30-31-32-34(27)22-10-3-2-4-11-22;1-25-22-10-9-18(24)14-21(22)11-12-23(15-16-5-4-6-16)20(22)13-17-7-2-3-8-19(17)21;1-2(3)4/h2-4,6,9-12,20,25H,5,7-8,13-19H2,1H3;2-3,7-8,16,20H,4-6,9-15H2,1H3;1H3,(H,3,4)/t25?,28-,29-;20?,21-,22-;/m11./s1. The first-order valence-electron chi connectivity index (χ1n) is 24.6. The molecular formula is C53H66N6O7. The summed E-state index contributed by atoms with van der Waals surface area (Å²) in [5, 5.41) is 19.7. The van der Waals surface area contributed by atoms with Gasteiger partial charge in [-0.2, -0.15) is 4.68 Å². The van der Waals surface area contributed by atoms with Crippen molar-refractivity contribution < 1.29 is 33.7 Å². The predicted molar refractivity (Wildman–Crippen MR) is 248 cm³/mol. The Hall–Kier alpha value is -4.82. The molecule has 4 aromatic rings. The normalized spacial score (nSPS) is 31.2. The summed E-state index contributed by atoms with van der Waals surface area (Å²) in [6.07, 6.45) is 16.2. The number of carboxylic acid groups (broad SMARTS) is 1. The van der Waals surface area contributed by atoms with E-state index in [1.54, 1.807) is 4.68 Å². The highest BCUT2D eigenvalue weighted by molar-refractivity contribution is 5.83. The Kier molecular flexibility index (Phi) is 12.3. The van der Waals surface area contributed by atoms with E-state index < -0.39 is 17.0 Å². The first-order valence-corrected chi connectivity index (χ1v) is 24.6. The van der Waals surface area contributed by atoms with Gasteiger partial charge in [-0.1, -0.05) is 72.5 Å². The van der Waals surface area contributed by atoms with Crippen LogP contribution in [-0.2, 0) is 47.5 Å². The molecule has 2 aliphatic heterocycles. The number of para-hydroxylation sites is 1. The fraction of sp³-hybridized carbons (Fsp3) is 0.585. The van der Waals surface area contributed by atoms with Crippen molar-refractivity contribution in [1.29, 1.82) is 0 Å². The fourth-order valence-electron chi connectivity index (χ4n) is 14.2. The van der Waals surface area contributed by atoms with Gasteiger partial charge in [0.15, 0.2) is 0 Å². The van der Waals surface area contributed by atoms with Crippen molar-refractivity contribution in [2.24, 2.45) is 11.8 Å². The summed E-state index contributed by atoms with van der Waals surface area (Å²) in [7, 11) is 3.76. The van der Waals surface area contributed by atoms with E-state index in [0.717, 1.165) is 93.9 Å². The Morgan fingerprint density at radius 3 is 1.86 bits per heavy atom. The molecule has 12 rings (SSSR count). The van der Waals surface area contributed by atoms with Gasteiger partial charge in [-0.05, 0) is 134 Å². The molecule has 8 aliphatic rings. The van der Waals surface area contributed by atoms with Gasteiger partial charge in [0.2, 0.25) is 0 Å². The van der Waals surface area contributed by atoms with Crippen molar-refractivity contribution in [3.63, 3.8) is 0 Å². The van der Waals surface area contributed by atoms with Crippen LogP contribution in [0.2, 0.25) is 0 Å². The van der Waals surface area contributed by atoms with Crippen molar-refractivity contribution in [2.45, 2.75) is 144 Å². The molecule has 6 fully saturated rings. The maximum Gasteiger partial charge on any atom is 0.345 e. The number of hydrogen-bond donors (Lipinski definition) is 1. The minimum Gasteiger partial charge on any atom is -0.481 e. The largest absolute Gasteiger partial charge is 0.481 e. The minimum atomic E-state index is -0.833. The number of aromatic nitrogens is 4. The lowest BCUT2D eigenvalue weighted by atomic mass is 9.49. The average molecular weight is 899 g/mol. The molecule has 2 saturated heterocycles. The molecular weight excluding hydrogens is 833 g/mol. The Bertz CT molecular complexity index is 2430. The van der Waals surface area contributed by atoms with Crippen LogP contribution in [0.25, 0.3) is 5.69 Å². The number of likely N-dealkylation sites (tertiary alicyclic amines) is 2. The molecule has 0 spiro atoms. The van der Waals surface area contributed by atoms with Crippen LogP contribution in [0.5, 0.6) is 11.8 Å². The van der Waals surface area contributed by atoms with Crippen LogP contribution in [0.15, 0.2) is 72.8 Å². The van der Waals surface area contributed by atoms with E-state index in [4.69, 9.17) is 24.1 Å². The van der Waals surface area contributed by atoms with E-state index in [1.807, 2.05) is 50.6 Å². The van der Waals surface area contributed by atoms with Gasteiger partial charge < -0.3 is 19.3 Å². The van der Waals surface area contributed by atoms with Gasteiger partial charge in [-0.25, -0.2) is 0 Å². The number of carbonyl (C=O) groups excluding carboxylic acids is 2. The second kappa shape index (κ2) is 18.0. The average Bonchev–Trinajstić information content (AvgIpc) is 3.75. The molecule has 350 valence electrons. The predicted octanol–water partition coefficient (Wildman–Crippen LogP) is 7.85. The highest BCUT2D eigenvalue weighted by Gasteiger charge is 2.68. The smallest absolute Gasteiger partial charge is 0.345 e. The van der Waals surface area contributed by atoms with Crippen molar-refractivity contribution in [2.75, 3.05) is 40.4 Å². The Balaban J connectivity index is 0.000000153. The number of carboxylic acids is 1. The number of piperidine rings is 2. The maximum absolute atomic E-state index is 13.1. The van der Waals surface area contributed by atoms with Crippen LogP contribution in [0.3, 0.4) is 0 Å². The van der Waals surface area contributed by atoms with E-state index in [0.29, 0.717) is 49.3 Å². The second-order valence-electron chi connectivity index (χ2n) is 20.6. The number of nitrogens with zero attached hydrogens (tertiary/aromatic N) is 6. The Morgan fingerprint density at radius 2 is 1.26 bits per heavy atom. The number of fused-ring (bicyclic) bond motifs is 2. The number of ketones is 2. The third kappa shape index (κ3) is 7.43. The molecule has 2 unspecified atom stereocenters. The van der Waals surface area contributed by atoms with E-state index in [-0.39, 0.29) is 17.1 Å². The summed E-state index contributed by atoms with van der Waals surface area (Å²) in [4.78, 5) is 40.1. The van der Waals surface area contributed by atoms with Gasteiger partial charge in [0.25, 0.3) is 5.97 Å². The lowest BCUT2D eigenvalue weighted by Gasteiger charge is -2.65. The molecule has 66 heavy (non-hydrogen) atoms. The molecule has 3 heterocycles. The number of tetrazole rings is 1. The second-order valence-corrected chi connectivity index (χ2v) is 20.6. The zero-order chi connectivity index (χ0) is 45.7. The molecule has 0 radical (unpaired) electrons. The summed E-state index contributed by atoms with van der Waals surface area (Å²) < 4.78 is 21.1. The molecule has 6 atom stereocenters. The quantitative estimate of drug-likeness (QED) is 0.174. The molecule has 6 aliphatic carbocycles. The van der Waals surface area contributed by atoms with Crippen LogP contribution in [0, 0.1) is 11.8 Å². The lowest BCUT2D eigenvalue weighted by Crippen LogP contribution is -2.74. The molecule has 0 amide bonds. The Labute approximate surface area is 388 Å². The maximum atomic E-state index is 13.1. The molecule has 3 aromatic carbocycles. The van der Waals surface area contributed by atoms with Crippen LogP contribution in [0.1, 0.15) is 119 Å². The summed E-state index contributed by atoms with van der Waals surface area (Å²) in [5.41, 5.74) is 4.93. The van der Waals surface area contributed by atoms with Crippen LogP contribution < -0.4 is 4.74 Å². The van der Waals surface area contributed by atoms with Gasteiger partial charge in [-0.3, -0.25) is 24.2 Å². The number of carbonyl (C=O) groups is 3. The monoisotopic (exact) mass is 898 g/mol. The molecule has 13 heteroatoms. The number of methoxy groups -OCH3 is 2. The fourth-order valence-corrected chi connectivity index (χ4v) is 14.2. The van der Waals surface area contributed by atoms with E-state index in [9.17, 15) is 9.59 Å². The Morgan fingerprint density at radius 1 is 0.712 bits per heavy atom. The topological polar surface area (TPSA) is 149 Å². The van der Waals surface area contributed by atoms with Crippen LogP contribution in [0.4, 0.5) is 0 Å². The van der Waals surface area contributed by atoms with Gasteiger partial charge in [0.05, 0.1) is 16.9 Å². The number of rotatable bonds is 9. The first-order chi connectivity index (χ1) is 32.0. The van der Waals surface area contributed by atoms with Crippen molar-refractivity contribution in [1.82, 2.24) is 30.0 Å². The van der Waals surface area contributed by atoms with Gasteiger partial charge >= 0.3 is 6.01 Å². The van der Waals surface area contributed by atoms with Crippen LogP contribution in [-0.4, -0.2) is 116 Å². The number of Topliss-reactive ketones (excluding diaryl/α,β-unsaturated/α-hetero) is 2. The number of benzene rings is 3.